The number of nitrogens with one attached hydrogen (secondary N) is 1. The highest BCUT2D eigenvalue weighted by Crippen LogP contribution is 2.52. The molecular formula is C17H19BrN2O2. The van der Waals surface area contributed by atoms with E-state index < -0.39 is 6.09 Å². The fraction of sp³-hybridized carbons (Fsp3) is 0.529. The number of nitrogens with zero attached hydrogens (tertiary/aromatic N) is 1. The number of benzene rings is 1. The van der Waals surface area contributed by atoms with Crippen molar-refractivity contribution in [1.29, 1.82) is 0 Å². The van der Waals surface area contributed by atoms with Crippen molar-refractivity contribution >= 4 is 33.4 Å². The number of hydrogen-bond donors (Lipinski definition) is 1. The predicted octanol–water partition coefficient (Wildman–Crippen LogP) is 4.81. The molecule has 4 nitrogen and oxygen atoms in total. The molecule has 4 aliphatic carbocycles. The Balaban J connectivity index is 1.39. The summed E-state index contributed by atoms with van der Waals surface area (Å²) >= 11 is 3.36. The molecule has 0 spiro atoms. The summed E-state index contributed by atoms with van der Waals surface area (Å²) < 4.78 is 0.972. The van der Waals surface area contributed by atoms with E-state index in [1.807, 2.05) is 24.3 Å². The lowest BCUT2D eigenvalue weighted by Crippen LogP contribution is -2.45. The third-order valence-electron chi connectivity index (χ3n) is 5.30. The molecule has 1 N–H and O–H groups in total. The lowest BCUT2D eigenvalue weighted by Gasteiger charge is -2.49. The average molecular weight is 363 g/mol. The number of anilines is 1. The molecule has 0 aromatic heterocycles. The van der Waals surface area contributed by atoms with Crippen LogP contribution >= 0.6 is 15.9 Å². The van der Waals surface area contributed by atoms with Crippen LogP contribution < -0.4 is 5.32 Å². The first-order valence-corrected chi connectivity index (χ1v) is 8.78. The molecule has 0 atom stereocenters. The van der Waals surface area contributed by atoms with Gasteiger partial charge in [0.2, 0.25) is 0 Å². The summed E-state index contributed by atoms with van der Waals surface area (Å²) in [5.41, 5.74) is 1.84. The molecule has 22 heavy (non-hydrogen) atoms. The maximum Gasteiger partial charge on any atom is 0.437 e. The van der Waals surface area contributed by atoms with E-state index in [2.05, 4.69) is 26.4 Å². The Labute approximate surface area is 138 Å². The van der Waals surface area contributed by atoms with Gasteiger partial charge in [-0.2, -0.15) is 0 Å². The molecule has 1 aromatic carbocycles. The first-order chi connectivity index (χ1) is 10.7. The van der Waals surface area contributed by atoms with Crippen LogP contribution in [0.25, 0.3) is 0 Å². The molecule has 0 heterocycles. The fourth-order valence-electron chi connectivity index (χ4n) is 4.58. The summed E-state index contributed by atoms with van der Waals surface area (Å²) in [6, 6.07) is 7.39. The van der Waals surface area contributed by atoms with Gasteiger partial charge in [0, 0.05) is 22.0 Å². The third-order valence-corrected chi connectivity index (χ3v) is 5.83. The normalized spacial score (nSPS) is 32.0. The molecule has 116 valence electrons. The topological polar surface area (TPSA) is 50.7 Å². The lowest BCUT2D eigenvalue weighted by atomic mass is 9.55. The Morgan fingerprint density at radius 3 is 2.23 bits per heavy atom. The van der Waals surface area contributed by atoms with Gasteiger partial charge in [0.15, 0.2) is 0 Å². The molecule has 5 rings (SSSR count). The second-order valence-electron chi connectivity index (χ2n) is 6.83. The summed E-state index contributed by atoms with van der Waals surface area (Å²) in [5.74, 6) is 2.88. The van der Waals surface area contributed by atoms with Crippen LogP contribution in [0.1, 0.15) is 32.1 Å². The molecule has 4 aliphatic rings. The van der Waals surface area contributed by atoms with Gasteiger partial charge in [-0.25, -0.2) is 4.79 Å². The van der Waals surface area contributed by atoms with Crippen molar-refractivity contribution in [2.24, 2.45) is 28.8 Å². The minimum Gasteiger partial charge on any atom is -0.298 e. The molecule has 0 saturated heterocycles. The van der Waals surface area contributed by atoms with Crippen LogP contribution in [0.5, 0.6) is 0 Å². The van der Waals surface area contributed by atoms with Crippen LogP contribution in [-0.4, -0.2) is 11.8 Å². The Morgan fingerprint density at radius 1 is 1.05 bits per heavy atom. The van der Waals surface area contributed by atoms with Crippen molar-refractivity contribution in [3.05, 3.63) is 28.7 Å². The quantitative estimate of drug-likeness (QED) is 0.606. The largest absolute Gasteiger partial charge is 0.437 e. The Morgan fingerprint density at radius 2 is 1.64 bits per heavy atom. The van der Waals surface area contributed by atoms with E-state index in [4.69, 9.17) is 4.84 Å². The predicted molar refractivity (Wildman–Crippen MR) is 88.7 cm³/mol. The van der Waals surface area contributed by atoms with Crippen LogP contribution in [-0.2, 0) is 4.84 Å². The van der Waals surface area contributed by atoms with E-state index in [0.29, 0.717) is 17.5 Å². The molecule has 4 fully saturated rings. The van der Waals surface area contributed by atoms with E-state index in [9.17, 15) is 4.79 Å². The Bertz CT molecular complexity index is 582. The van der Waals surface area contributed by atoms with Gasteiger partial charge in [0.05, 0.1) is 5.71 Å². The van der Waals surface area contributed by atoms with Crippen molar-refractivity contribution in [2.75, 3.05) is 5.32 Å². The van der Waals surface area contributed by atoms with Crippen LogP contribution in [0.3, 0.4) is 0 Å². The molecule has 0 aliphatic heterocycles. The van der Waals surface area contributed by atoms with Gasteiger partial charge < -0.3 is 0 Å². The van der Waals surface area contributed by atoms with E-state index >= 15 is 0 Å². The second kappa shape index (κ2) is 5.69. The van der Waals surface area contributed by atoms with Gasteiger partial charge in [-0.15, -0.1) is 0 Å². The van der Waals surface area contributed by atoms with E-state index in [1.165, 1.54) is 32.1 Å². The number of amides is 1. The van der Waals surface area contributed by atoms with Crippen LogP contribution in [0.4, 0.5) is 10.5 Å². The highest BCUT2D eigenvalue weighted by atomic mass is 79.9. The maximum absolute atomic E-state index is 11.9. The smallest absolute Gasteiger partial charge is 0.298 e. The summed E-state index contributed by atoms with van der Waals surface area (Å²) in [6.07, 6.45) is 5.86. The van der Waals surface area contributed by atoms with Gasteiger partial charge in [0.25, 0.3) is 0 Å². The monoisotopic (exact) mass is 362 g/mol. The van der Waals surface area contributed by atoms with Gasteiger partial charge in [-0.3, -0.25) is 10.2 Å². The van der Waals surface area contributed by atoms with Gasteiger partial charge in [-0.1, -0.05) is 21.1 Å². The van der Waals surface area contributed by atoms with E-state index in [0.717, 1.165) is 22.0 Å². The standard InChI is InChI=1S/C17H19BrN2O2/c18-14-1-3-15(4-2-14)19-17(21)22-20-16-12-6-10-5-11(8-12)9-13(16)7-10/h1-4,10-13H,5-9H2,(H,19,21). The van der Waals surface area contributed by atoms with Crippen molar-refractivity contribution in [3.63, 3.8) is 0 Å². The molecule has 4 saturated carbocycles. The molecule has 1 aromatic rings. The highest BCUT2D eigenvalue weighted by Gasteiger charge is 2.46. The minimum absolute atomic E-state index is 0.511. The minimum atomic E-state index is -0.511. The summed E-state index contributed by atoms with van der Waals surface area (Å²) in [7, 11) is 0. The molecule has 4 bridgehead atoms. The van der Waals surface area contributed by atoms with Crippen molar-refractivity contribution in [3.8, 4) is 0 Å². The zero-order valence-electron chi connectivity index (χ0n) is 12.3. The van der Waals surface area contributed by atoms with Crippen LogP contribution in [0, 0.1) is 23.7 Å². The number of rotatable bonds is 2. The van der Waals surface area contributed by atoms with E-state index in [-0.39, 0.29) is 0 Å². The highest BCUT2D eigenvalue weighted by molar-refractivity contribution is 9.10. The number of oxime groups is 1. The second-order valence-corrected chi connectivity index (χ2v) is 7.75. The van der Waals surface area contributed by atoms with Gasteiger partial charge in [-0.05, 0) is 68.2 Å². The van der Waals surface area contributed by atoms with Gasteiger partial charge >= 0.3 is 6.09 Å². The summed E-state index contributed by atoms with van der Waals surface area (Å²) in [6.45, 7) is 0. The van der Waals surface area contributed by atoms with Crippen LogP contribution in [0.15, 0.2) is 33.9 Å². The summed E-state index contributed by atoms with van der Waals surface area (Å²) in [4.78, 5) is 17.0. The average Bonchev–Trinajstić information content (AvgIpc) is 2.48. The first kappa shape index (κ1) is 14.2. The SMILES string of the molecule is O=C(Nc1ccc(Br)cc1)ON=C1C2CC3CC(C2)CC1C3. The fourth-order valence-corrected chi connectivity index (χ4v) is 4.85. The van der Waals surface area contributed by atoms with Crippen molar-refractivity contribution in [2.45, 2.75) is 32.1 Å². The maximum atomic E-state index is 11.9. The number of halogens is 1. The molecule has 0 unspecified atom stereocenters. The zero-order chi connectivity index (χ0) is 15.1. The van der Waals surface area contributed by atoms with E-state index in [1.54, 1.807) is 0 Å². The molecular weight excluding hydrogens is 344 g/mol. The number of hydrogen-bond acceptors (Lipinski definition) is 3. The number of carbonyl (C=O) groups is 1. The summed E-state index contributed by atoms with van der Waals surface area (Å²) in [5, 5.41) is 6.93. The van der Waals surface area contributed by atoms with Crippen LogP contribution in [0.2, 0.25) is 0 Å². The third kappa shape index (κ3) is 2.78. The molecule has 0 radical (unpaired) electrons. The van der Waals surface area contributed by atoms with Gasteiger partial charge in [0.1, 0.15) is 0 Å². The first-order valence-electron chi connectivity index (χ1n) is 7.98. The molecule has 5 heteroatoms. The van der Waals surface area contributed by atoms with Crippen molar-refractivity contribution < 1.29 is 9.63 Å². The zero-order valence-corrected chi connectivity index (χ0v) is 13.9. The Kier molecular flexibility index (Phi) is 3.68. The lowest BCUT2D eigenvalue weighted by molar-refractivity contribution is 0.0999. The number of carbonyl (C=O) groups excluding carboxylic acids is 1. The van der Waals surface area contributed by atoms with Crippen molar-refractivity contribution in [1.82, 2.24) is 0 Å². The molecule has 1 amide bonds. The Hall–Kier alpha value is -1.36.